The van der Waals surface area contributed by atoms with E-state index in [1.165, 1.54) is 44.9 Å². The minimum atomic E-state index is 1.21. The lowest BCUT2D eigenvalue weighted by Crippen LogP contribution is -1.85. The van der Waals surface area contributed by atoms with Crippen molar-refractivity contribution in [3.05, 3.63) is 36.4 Å². The molecule has 2 rings (SSSR count). The highest BCUT2D eigenvalue weighted by molar-refractivity contribution is 8.02. The van der Waals surface area contributed by atoms with Gasteiger partial charge in [-0.1, -0.05) is 38.1 Å². The Labute approximate surface area is 119 Å². The molecule has 0 saturated heterocycles. The van der Waals surface area contributed by atoms with Gasteiger partial charge >= 0.3 is 0 Å². The van der Waals surface area contributed by atoms with Gasteiger partial charge in [-0.15, -0.1) is 23.5 Å². The molecule has 96 valence electrons. The summed E-state index contributed by atoms with van der Waals surface area (Å²) in [7, 11) is 0. The van der Waals surface area contributed by atoms with Gasteiger partial charge in [0.15, 0.2) is 0 Å². The second-order valence-electron chi connectivity index (χ2n) is 4.34. The van der Waals surface area contributed by atoms with Crippen molar-refractivity contribution in [2.75, 3.05) is 11.5 Å². The lowest BCUT2D eigenvalue weighted by molar-refractivity contribution is 1.09. The second kappa shape index (κ2) is 7.10. The predicted octanol–water partition coefficient (Wildman–Crippen LogP) is 5.84. The van der Waals surface area contributed by atoms with Crippen LogP contribution < -0.4 is 0 Å². The van der Waals surface area contributed by atoms with Crippen LogP contribution in [0.1, 0.15) is 26.7 Å². The summed E-state index contributed by atoms with van der Waals surface area (Å²) in [6.07, 6.45) is 2.46. The van der Waals surface area contributed by atoms with Gasteiger partial charge in [-0.3, -0.25) is 0 Å². The normalized spacial score (nSPS) is 11.0. The first-order valence-corrected chi connectivity index (χ1v) is 8.60. The average molecular weight is 276 g/mol. The molecule has 0 aliphatic carbocycles. The molecule has 0 spiro atoms. The van der Waals surface area contributed by atoms with Gasteiger partial charge in [-0.2, -0.15) is 0 Å². The number of hydrogen-bond donors (Lipinski definition) is 0. The van der Waals surface area contributed by atoms with Crippen LogP contribution in [0.3, 0.4) is 0 Å². The molecule has 0 fully saturated rings. The van der Waals surface area contributed by atoms with Crippen LogP contribution in [0.15, 0.2) is 46.2 Å². The molecule has 0 aliphatic rings. The summed E-state index contributed by atoms with van der Waals surface area (Å²) >= 11 is 3.98. The first-order valence-electron chi connectivity index (χ1n) is 6.63. The van der Waals surface area contributed by atoms with E-state index in [1.54, 1.807) is 0 Å². The van der Waals surface area contributed by atoms with Crippen molar-refractivity contribution < 1.29 is 0 Å². The highest BCUT2D eigenvalue weighted by Crippen LogP contribution is 2.35. The molecule has 0 amide bonds. The summed E-state index contributed by atoms with van der Waals surface area (Å²) < 4.78 is 0. The monoisotopic (exact) mass is 276 g/mol. The van der Waals surface area contributed by atoms with E-state index in [0.29, 0.717) is 0 Å². The van der Waals surface area contributed by atoms with E-state index in [0.717, 1.165) is 0 Å². The predicted molar refractivity (Wildman–Crippen MR) is 86.0 cm³/mol. The minimum Gasteiger partial charge on any atom is -0.125 e. The van der Waals surface area contributed by atoms with E-state index >= 15 is 0 Å². The molecular formula is C16H20S2. The van der Waals surface area contributed by atoms with Gasteiger partial charge in [0, 0.05) is 9.79 Å². The second-order valence-corrected chi connectivity index (χ2v) is 6.62. The molecule has 0 atom stereocenters. The van der Waals surface area contributed by atoms with Gasteiger partial charge in [-0.25, -0.2) is 0 Å². The molecular weight excluding hydrogens is 256 g/mol. The third-order valence-electron chi connectivity index (χ3n) is 2.74. The van der Waals surface area contributed by atoms with Gasteiger partial charge in [-0.05, 0) is 47.3 Å². The first kappa shape index (κ1) is 13.8. The Morgan fingerprint density at radius 1 is 0.778 bits per heavy atom. The fraction of sp³-hybridized carbons (Fsp3) is 0.375. The maximum atomic E-state index is 2.35. The molecule has 0 saturated carbocycles. The van der Waals surface area contributed by atoms with Gasteiger partial charge in [0.25, 0.3) is 0 Å². The smallest absolute Gasteiger partial charge is 0.0214 e. The minimum absolute atomic E-state index is 1.21. The molecule has 0 aliphatic heterocycles. The zero-order chi connectivity index (χ0) is 12.8. The molecule has 2 aromatic rings. The first-order chi connectivity index (χ1) is 8.85. The maximum Gasteiger partial charge on any atom is 0.0214 e. The van der Waals surface area contributed by atoms with E-state index in [1.807, 2.05) is 23.5 Å². The van der Waals surface area contributed by atoms with Crippen molar-refractivity contribution in [2.45, 2.75) is 36.5 Å². The van der Waals surface area contributed by atoms with Crippen LogP contribution in [-0.4, -0.2) is 11.5 Å². The molecule has 2 heteroatoms. The van der Waals surface area contributed by atoms with Crippen LogP contribution >= 0.6 is 23.5 Å². The van der Waals surface area contributed by atoms with Gasteiger partial charge < -0.3 is 0 Å². The Bertz CT molecular complexity index is 459. The van der Waals surface area contributed by atoms with Crippen molar-refractivity contribution in [3.63, 3.8) is 0 Å². The standard InChI is InChI=1S/C16H20S2/c1-3-9-17-15-11-13-7-5-6-8-14(13)12-16(15)18-10-4-2/h5-8,11-12H,3-4,9-10H2,1-2H3. The third-order valence-corrected chi connectivity index (χ3v) is 5.39. The van der Waals surface area contributed by atoms with Crippen molar-refractivity contribution >= 4 is 34.3 Å². The van der Waals surface area contributed by atoms with E-state index in [9.17, 15) is 0 Å². The van der Waals surface area contributed by atoms with E-state index in [-0.39, 0.29) is 0 Å². The number of thioether (sulfide) groups is 2. The van der Waals surface area contributed by atoms with E-state index in [2.05, 4.69) is 50.2 Å². The number of hydrogen-bond acceptors (Lipinski definition) is 2. The Morgan fingerprint density at radius 2 is 1.22 bits per heavy atom. The van der Waals surface area contributed by atoms with Gasteiger partial charge in [0.2, 0.25) is 0 Å². The highest BCUT2D eigenvalue weighted by Gasteiger charge is 2.05. The summed E-state index contributed by atoms with van der Waals surface area (Å²) in [5, 5.41) is 2.72. The van der Waals surface area contributed by atoms with Gasteiger partial charge in [0.05, 0.1) is 0 Å². The van der Waals surface area contributed by atoms with Crippen LogP contribution in [0.25, 0.3) is 10.8 Å². The Hall–Kier alpha value is -0.600. The number of benzene rings is 2. The zero-order valence-electron chi connectivity index (χ0n) is 11.1. The molecule has 0 bridgehead atoms. The molecule has 0 nitrogen and oxygen atoms in total. The fourth-order valence-electron chi connectivity index (χ4n) is 1.85. The molecule has 0 unspecified atom stereocenters. The zero-order valence-corrected chi connectivity index (χ0v) is 12.7. The van der Waals surface area contributed by atoms with Crippen LogP contribution in [0, 0.1) is 0 Å². The summed E-state index contributed by atoms with van der Waals surface area (Å²) in [4.78, 5) is 2.91. The molecule has 0 aromatic heterocycles. The van der Waals surface area contributed by atoms with E-state index in [4.69, 9.17) is 0 Å². The Balaban J connectivity index is 2.35. The Morgan fingerprint density at radius 3 is 1.61 bits per heavy atom. The van der Waals surface area contributed by atoms with Crippen LogP contribution in [0.4, 0.5) is 0 Å². The largest absolute Gasteiger partial charge is 0.125 e. The van der Waals surface area contributed by atoms with Crippen molar-refractivity contribution in [2.24, 2.45) is 0 Å². The lowest BCUT2D eigenvalue weighted by atomic mass is 10.1. The molecule has 0 radical (unpaired) electrons. The van der Waals surface area contributed by atoms with Crippen molar-refractivity contribution in [1.29, 1.82) is 0 Å². The Kier molecular flexibility index (Phi) is 5.45. The fourth-order valence-corrected chi connectivity index (χ4v) is 3.87. The van der Waals surface area contributed by atoms with E-state index < -0.39 is 0 Å². The van der Waals surface area contributed by atoms with Crippen LogP contribution in [0.5, 0.6) is 0 Å². The summed E-state index contributed by atoms with van der Waals surface area (Å²) in [6, 6.07) is 13.4. The maximum absolute atomic E-state index is 2.35. The number of fused-ring (bicyclic) bond motifs is 1. The molecule has 18 heavy (non-hydrogen) atoms. The van der Waals surface area contributed by atoms with Crippen molar-refractivity contribution in [1.82, 2.24) is 0 Å². The lowest BCUT2D eigenvalue weighted by Gasteiger charge is -2.10. The third kappa shape index (κ3) is 3.46. The molecule has 0 N–H and O–H groups in total. The van der Waals surface area contributed by atoms with Crippen LogP contribution in [-0.2, 0) is 0 Å². The SMILES string of the molecule is CCCSc1cc2ccccc2cc1SCCC. The summed E-state index contributed by atoms with van der Waals surface area (Å²) in [5.41, 5.74) is 0. The summed E-state index contributed by atoms with van der Waals surface area (Å²) in [5.74, 6) is 2.41. The topological polar surface area (TPSA) is 0 Å². The molecule has 2 aromatic carbocycles. The van der Waals surface area contributed by atoms with Gasteiger partial charge in [0.1, 0.15) is 0 Å². The number of rotatable bonds is 6. The van der Waals surface area contributed by atoms with Crippen LogP contribution in [0.2, 0.25) is 0 Å². The molecule has 0 heterocycles. The summed E-state index contributed by atoms with van der Waals surface area (Å²) in [6.45, 7) is 4.49. The van der Waals surface area contributed by atoms with Crippen molar-refractivity contribution in [3.8, 4) is 0 Å². The quantitative estimate of drug-likeness (QED) is 0.607. The highest BCUT2D eigenvalue weighted by atomic mass is 32.2. The average Bonchev–Trinajstić information content (AvgIpc) is 2.42.